The number of nitrogens with zero attached hydrogens (tertiary/aromatic N) is 2. The monoisotopic (exact) mass is 400 g/mol. The molecule has 1 aromatic heterocycles. The largest absolute Gasteiger partial charge is 0.399 e. The van der Waals surface area contributed by atoms with Crippen molar-refractivity contribution >= 4 is 17.4 Å². The van der Waals surface area contributed by atoms with Gasteiger partial charge in [0.2, 0.25) is 5.91 Å². The number of amides is 1. The van der Waals surface area contributed by atoms with E-state index in [1.807, 2.05) is 36.4 Å². The number of carbonyl (C=O) groups is 1. The third kappa shape index (κ3) is 4.51. The lowest BCUT2D eigenvalue weighted by molar-refractivity contribution is -0.116. The van der Waals surface area contributed by atoms with Crippen LogP contribution >= 0.6 is 0 Å². The molecule has 0 saturated carbocycles. The Bertz CT molecular complexity index is 1050. The minimum absolute atomic E-state index is 0.00140. The fraction of sp³-hybridized carbons (Fsp3) is 0.320. The maximum Gasteiger partial charge on any atom is 0.225 e. The van der Waals surface area contributed by atoms with Crippen molar-refractivity contribution in [1.82, 2.24) is 9.97 Å². The average Bonchev–Trinajstić information content (AvgIpc) is 2.75. The summed E-state index contributed by atoms with van der Waals surface area (Å²) in [5.74, 6) is 0.626. The normalized spacial score (nSPS) is 12.2. The Kier molecular flexibility index (Phi) is 6.07. The third-order valence-corrected chi connectivity index (χ3v) is 5.51. The first-order valence-electron chi connectivity index (χ1n) is 10.8. The van der Waals surface area contributed by atoms with Crippen molar-refractivity contribution < 1.29 is 4.79 Å². The van der Waals surface area contributed by atoms with Crippen molar-refractivity contribution in [3.8, 4) is 11.3 Å². The number of nitrogens with one attached hydrogen (secondary N) is 1. The molecule has 0 radical (unpaired) electrons. The Morgan fingerprint density at radius 1 is 1.07 bits per heavy atom. The lowest BCUT2D eigenvalue weighted by atomic mass is 9.91. The Morgan fingerprint density at radius 3 is 2.70 bits per heavy atom. The van der Waals surface area contributed by atoms with Crippen LogP contribution in [-0.4, -0.2) is 15.9 Å². The van der Waals surface area contributed by atoms with Crippen LogP contribution in [-0.2, 0) is 30.5 Å². The molecule has 0 bridgehead atoms. The van der Waals surface area contributed by atoms with Crippen LogP contribution < -0.4 is 11.1 Å². The van der Waals surface area contributed by atoms with Crippen molar-refractivity contribution in [1.29, 1.82) is 0 Å². The first-order chi connectivity index (χ1) is 14.6. The molecule has 0 atom stereocenters. The molecular weight excluding hydrogens is 372 g/mol. The smallest absolute Gasteiger partial charge is 0.225 e. The van der Waals surface area contributed by atoms with Gasteiger partial charge in [-0.2, -0.15) is 0 Å². The highest BCUT2D eigenvalue weighted by atomic mass is 16.1. The summed E-state index contributed by atoms with van der Waals surface area (Å²) in [6, 6.07) is 16.2. The van der Waals surface area contributed by atoms with Gasteiger partial charge in [-0.15, -0.1) is 0 Å². The van der Waals surface area contributed by atoms with Gasteiger partial charge < -0.3 is 11.1 Å². The molecule has 1 aliphatic carbocycles. The van der Waals surface area contributed by atoms with Gasteiger partial charge in [0.15, 0.2) is 5.82 Å². The zero-order valence-electron chi connectivity index (χ0n) is 17.4. The van der Waals surface area contributed by atoms with E-state index in [-0.39, 0.29) is 5.91 Å². The van der Waals surface area contributed by atoms with Gasteiger partial charge in [0.25, 0.3) is 0 Å². The lowest BCUT2D eigenvalue weighted by Crippen LogP contribution is -2.18. The number of fused-ring (bicyclic) bond motifs is 3. The molecule has 1 aliphatic rings. The van der Waals surface area contributed by atoms with Crippen LogP contribution in [0.2, 0.25) is 0 Å². The molecule has 3 N–H and O–H groups in total. The van der Waals surface area contributed by atoms with Gasteiger partial charge in [0.05, 0.1) is 17.1 Å². The fourth-order valence-electron chi connectivity index (χ4n) is 4.00. The number of carbonyl (C=O) groups excluding carboxylic acids is 1. The summed E-state index contributed by atoms with van der Waals surface area (Å²) >= 11 is 0. The third-order valence-electron chi connectivity index (χ3n) is 5.51. The number of nitrogen functional groups attached to an aromatic ring is 1. The molecule has 3 aromatic rings. The van der Waals surface area contributed by atoms with Crippen LogP contribution in [0.5, 0.6) is 0 Å². The van der Waals surface area contributed by atoms with Gasteiger partial charge in [-0.3, -0.25) is 4.79 Å². The standard InChI is InChI=1S/C25H28N4O/c1-2-7-22-25(29-23(30)11-6-10-17-8-4-3-5-9-17)28-21-15-12-18-16-19(26)13-14-20(18)24(21)27-22/h3-5,8-9,13-14,16H,2,6-7,10-12,15,26H2,1H3,(H,28,29,30). The van der Waals surface area contributed by atoms with Crippen LogP contribution in [0, 0.1) is 0 Å². The topological polar surface area (TPSA) is 80.9 Å². The van der Waals surface area contributed by atoms with Crippen molar-refractivity contribution in [3.63, 3.8) is 0 Å². The summed E-state index contributed by atoms with van der Waals surface area (Å²) in [6.45, 7) is 2.11. The van der Waals surface area contributed by atoms with Crippen LogP contribution in [0.4, 0.5) is 11.5 Å². The molecule has 1 heterocycles. The van der Waals surface area contributed by atoms with Crippen molar-refractivity contribution in [2.45, 2.75) is 51.9 Å². The zero-order chi connectivity index (χ0) is 20.9. The van der Waals surface area contributed by atoms with E-state index in [1.54, 1.807) is 0 Å². The Hall–Kier alpha value is -3.21. The average molecular weight is 401 g/mol. The molecular formula is C25H28N4O. The predicted octanol–water partition coefficient (Wildman–Crippen LogP) is 4.74. The second kappa shape index (κ2) is 9.08. The number of anilines is 2. The van der Waals surface area contributed by atoms with Gasteiger partial charge >= 0.3 is 0 Å². The van der Waals surface area contributed by atoms with Crippen molar-refractivity contribution in [3.05, 3.63) is 71.0 Å². The van der Waals surface area contributed by atoms with Crippen LogP contribution in [0.15, 0.2) is 48.5 Å². The highest BCUT2D eigenvalue weighted by Crippen LogP contribution is 2.34. The van der Waals surface area contributed by atoms with Gasteiger partial charge in [0.1, 0.15) is 0 Å². The van der Waals surface area contributed by atoms with Gasteiger partial charge in [0, 0.05) is 17.7 Å². The highest BCUT2D eigenvalue weighted by molar-refractivity contribution is 5.90. The maximum atomic E-state index is 12.6. The molecule has 0 aliphatic heterocycles. The highest BCUT2D eigenvalue weighted by Gasteiger charge is 2.22. The van der Waals surface area contributed by atoms with E-state index in [2.05, 4.69) is 24.4 Å². The first kappa shape index (κ1) is 20.1. The second-order valence-corrected chi connectivity index (χ2v) is 7.87. The molecule has 0 spiro atoms. The predicted molar refractivity (Wildman–Crippen MR) is 121 cm³/mol. The van der Waals surface area contributed by atoms with E-state index in [0.717, 1.165) is 66.9 Å². The molecule has 0 fully saturated rings. The van der Waals surface area contributed by atoms with E-state index in [0.29, 0.717) is 12.2 Å². The van der Waals surface area contributed by atoms with Gasteiger partial charge in [-0.25, -0.2) is 9.97 Å². The zero-order valence-corrected chi connectivity index (χ0v) is 17.4. The molecule has 0 saturated heterocycles. The maximum absolute atomic E-state index is 12.6. The van der Waals surface area contributed by atoms with Crippen LogP contribution in [0.1, 0.15) is 48.7 Å². The number of hydrogen-bond acceptors (Lipinski definition) is 4. The number of rotatable bonds is 7. The number of aromatic nitrogens is 2. The summed E-state index contributed by atoms with van der Waals surface area (Å²) in [7, 11) is 0. The van der Waals surface area contributed by atoms with Crippen molar-refractivity contribution in [2.75, 3.05) is 11.1 Å². The molecule has 5 nitrogen and oxygen atoms in total. The second-order valence-electron chi connectivity index (χ2n) is 7.87. The fourth-order valence-corrected chi connectivity index (χ4v) is 4.00. The molecule has 4 rings (SSSR count). The Labute approximate surface area is 177 Å². The van der Waals surface area contributed by atoms with E-state index in [9.17, 15) is 4.79 Å². The first-order valence-corrected chi connectivity index (χ1v) is 10.8. The number of aryl methyl sites for hydroxylation is 4. The molecule has 154 valence electrons. The van der Waals surface area contributed by atoms with E-state index >= 15 is 0 Å². The summed E-state index contributed by atoms with van der Waals surface area (Å²) in [5, 5.41) is 3.03. The Morgan fingerprint density at radius 2 is 1.90 bits per heavy atom. The number of benzene rings is 2. The van der Waals surface area contributed by atoms with Gasteiger partial charge in [-0.05, 0) is 55.4 Å². The summed E-state index contributed by atoms with van der Waals surface area (Å²) in [6.07, 6.45) is 5.60. The Balaban J connectivity index is 1.50. The molecule has 0 unspecified atom stereocenters. The van der Waals surface area contributed by atoms with Crippen LogP contribution in [0.3, 0.4) is 0 Å². The van der Waals surface area contributed by atoms with E-state index in [4.69, 9.17) is 15.7 Å². The molecule has 30 heavy (non-hydrogen) atoms. The van der Waals surface area contributed by atoms with Gasteiger partial charge in [-0.1, -0.05) is 49.7 Å². The number of nitrogens with two attached hydrogens (primary N) is 1. The lowest BCUT2D eigenvalue weighted by Gasteiger charge is -2.21. The van der Waals surface area contributed by atoms with E-state index < -0.39 is 0 Å². The summed E-state index contributed by atoms with van der Waals surface area (Å²) in [5.41, 5.74) is 13.1. The minimum atomic E-state index is 0.00140. The summed E-state index contributed by atoms with van der Waals surface area (Å²) in [4.78, 5) is 22.3. The molecule has 2 aromatic carbocycles. The summed E-state index contributed by atoms with van der Waals surface area (Å²) < 4.78 is 0. The molecule has 5 heteroatoms. The minimum Gasteiger partial charge on any atom is -0.399 e. The van der Waals surface area contributed by atoms with Crippen LogP contribution in [0.25, 0.3) is 11.3 Å². The van der Waals surface area contributed by atoms with E-state index in [1.165, 1.54) is 11.1 Å². The molecule has 1 amide bonds. The quantitative estimate of drug-likeness (QED) is 0.562. The SMILES string of the molecule is CCCc1nc2c(nc1NC(=O)CCCc1ccccc1)CCc1cc(N)ccc1-2. The number of hydrogen-bond donors (Lipinski definition) is 2. The van der Waals surface area contributed by atoms with Crippen molar-refractivity contribution in [2.24, 2.45) is 0 Å².